The van der Waals surface area contributed by atoms with Crippen LogP contribution in [0.3, 0.4) is 0 Å². The molecule has 0 bridgehead atoms. The summed E-state index contributed by atoms with van der Waals surface area (Å²) in [6.45, 7) is 8.17. The summed E-state index contributed by atoms with van der Waals surface area (Å²) in [4.78, 5) is 4.42. The van der Waals surface area contributed by atoms with Crippen LogP contribution in [0.1, 0.15) is 13.3 Å². The summed E-state index contributed by atoms with van der Waals surface area (Å²) in [6, 6.07) is 0. The highest BCUT2D eigenvalue weighted by molar-refractivity contribution is 6.64. The molecule has 3 aliphatic heterocycles. The van der Waals surface area contributed by atoms with Crippen LogP contribution in [0.5, 0.6) is 0 Å². The minimum absolute atomic E-state index is 0.0560. The smallest absolute Gasteiger partial charge is 0.183 e. The molecule has 2 atom stereocenters. The predicted octanol–water partition coefficient (Wildman–Crippen LogP) is 2.01. The predicted molar refractivity (Wildman–Crippen MR) is 74.9 cm³/mol. The van der Waals surface area contributed by atoms with Crippen molar-refractivity contribution in [3.63, 3.8) is 0 Å². The van der Waals surface area contributed by atoms with Crippen LogP contribution in [0.4, 0.5) is 0 Å². The summed E-state index contributed by atoms with van der Waals surface area (Å²) >= 11 is 5.95. The highest BCUT2D eigenvalue weighted by Gasteiger charge is 2.61. The van der Waals surface area contributed by atoms with Gasteiger partial charge < -0.3 is 18.9 Å². The minimum atomic E-state index is -0.399. The Morgan fingerprint density at radius 2 is 2.10 bits per heavy atom. The summed E-state index contributed by atoms with van der Waals surface area (Å²) in [5.41, 5.74) is 1.13. The molecule has 3 saturated heterocycles. The van der Waals surface area contributed by atoms with Gasteiger partial charge in [-0.05, 0) is 13.0 Å². The molecule has 2 unspecified atom stereocenters. The third-order valence-corrected chi connectivity index (χ3v) is 3.74. The fourth-order valence-electron chi connectivity index (χ4n) is 2.61. The number of epoxide rings is 1. The van der Waals surface area contributed by atoms with Gasteiger partial charge in [-0.1, -0.05) is 18.2 Å². The molecule has 0 aromatic heterocycles. The van der Waals surface area contributed by atoms with Crippen molar-refractivity contribution in [3.05, 3.63) is 23.9 Å². The number of halogens is 1. The number of hydrogen-bond acceptors (Lipinski definition) is 5. The molecule has 3 aliphatic rings. The van der Waals surface area contributed by atoms with E-state index in [1.165, 1.54) is 0 Å². The first-order valence-corrected chi connectivity index (χ1v) is 7.10. The standard InChI is InChI=1S/C14H18ClNO4/c1-9(13-18-5-6-19-13)7-11(16-10(2)15)14-3-4-17-8-12(14)20-14/h7,12-13H,1,3-6,8H2,2H3/b11-7-,16-10?. The molecule has 0 amide bonds. The highest BCUT2D eigenvalue weighted by atomic mass is 35.5. The van der Waals surface area contributed by atoms with Crippen molar-refractivity contribution in [1.82, 2.24) is 0 Å². The van der Waals surface area contributed by atoms with E-state index in [-0.39, 0.29) is 11.7 Å². The van der Waals surface area contributed by atoms with Crippen molar-refractivity contribution in [3.8, 4) is 0 Å². The van der Waals surface area contributed by atoms with Gasteiger partial charge in [-0.15, -0.1) is 0 Å². The van der Waals surface area contributed by atoms with E-state index in [0.717, 1.165) is 17.7 Å². The third-order valence-electron chi connectivity index (χ3n) is 3.66. The lowest BCUT2D eigenvalue weighted by Crippen LogP contribution is -2.28. The Kier molecular flexibility index (Phi) is 3.97. The summed E-state index contributed by atoms with van der Waals surface area (Å²) in [5.74, 6) is 0. The highest BCUT2D eigenvalue weighted by Crippen LogP contribution is 2.49. The molecule has 6 heteroatoms. The van der Waals surface area contributed by atoms with Crippen molar-refractivity contribution in [1.29, 1.82) is 0 Å². The van der Waals surface area contributed by atoms with Crippen molar-refractivity contribution in [2.75, 3.05) is 26.4 Å². The van der Waals surface area contributed by atoms with Crippen LogP contribution in [-0.4, -0.2) is 49.6 Å². The Morgan fingerprint density at radius 1 is 1.35 bits per heavy atom. The maximum atomic E-state index is 5.95. The zero-order valence-electron chi connectivity index (χ0n) is 11.4. The van der Waals surface area contributed by atoms with Gasteiger partial charge in [-0.3, -0.25) is 0 Å². The topological polar surface area (TPSA) is 52.6 Å². The maximum Gasteiger partial charge on any atom is 0.183 e. The normalized spacial score (nSPS) is 35.0. The van der Waals surface area contributed by atoms with Crippen LogP contribution in [0.15, 0.2) is 28.9 Å². The Bertz CT molecular complexity index is 466. The molecule has 3 fully saturated rings. The van der Waals surface area contributed by atoms with E-state index < -0.39 is 6.29 Å². The fourth-order valence-corrected chi connectivity index (χ4v) is 2.70. The molecule has 0 N–H and O–H groups in total. The molecule has 20 heavy (non-hydrogen) atoms. The quantitative estimate of drug-likeness (QED) is 0.453. The Morgan fingerprint density at radius 3 is 2.75 bits per heavy atom. The molecule has 3 rings (SSSR count). The molecule has 0 radical (unpaired) electrons. The van der Waals surface area contributed by atoms with Gasteiger partial charge in [0.15, 0.2) is 6.29 Å². The number of aliphatic imine (C=N–C) groups is 1. The molecule has 3 heterocycles. The largest absolute Gasteiger partial charge is 0.378 e. The van der Waals surface area contributed by atoms with Crippen LogP contribution in [0, 0.1) is 0 Å². The first-order chi connectivity index (χ1) is 9.62. The van der Waals surface area contributed by atoms with Gasteiger partial charge in [-0.2, -0.15) is 0 Å². The summed E-state index contributed by atoms with van der Waals surface area (Å²) in [7, 11) is 0. The monoisotopic (exact) mass is 299 g/mol. The molecule has 0 spiro atoms. The van der Waals surface area contributed by atoms with Crippen LogP contribution in [-0.2, 0) is 18.9 Å². The summed E-state index contributed by atoms with van der Waals surface area (Å²) < 4.78 is 22.1. The molecule has 0 aromatic carbocycles. The van der Waals surface area contributed by atoms with Gasteiger partial charge in [0, 0.05) is 18.6 Å². The second kappa shape index (κ2) is 5.58. The molecule has 0 aromatic rings. The van der Waals surface area contributed by atoms with E-state index in [4.69, 9.17) is 30.5 Å². The number of hydrogen-bond donors (Lipinski definition) is 0. The van der Waals surface area contributed by atoms with Crippen molar-refractivity contribution in [2.45, 2.75) is 31.3 Å². The molecule has 0 aliphatic carbocycles. The van der Waals surface area contributed by atoms with Crippen LogP contribution in [0.2, 0.25) is 0 Å². The lowest BCUT2D eigenvalue weighted by Gasteiger charge is -2.19. The van der Waals surface area contributed by atoms with E-state index in [1.807, 2.05) is 6.08 Å². The van der Waals surface area contributed by atoms with Crippen molar-refractivity contribution < 1.29 is 18.9 Å². The maximum absolute atomic E-state index is 5.95. The van der Waals surface area contributed by atoms with Gasteiger partial charge >= 0.3 is 0 Å². The van der Waals surface area contributed by atoms with Crippen molar-refractivity contribution in [2.24, 2.45) is 4.99 Å². The van der Waals surface area contributed by atoms with E-state index in [0.29, 0.717) is 31.6 Å². The second-order valence-corrected chi connectivity index (χ2v) is 5.65. The molecule has 5 nitrogen and oxygen atoms in total. The van der Waals surface area contributed by atoms with E-state index in [1.54, 1.807) is 6.92 Å². The summed E-state index contributed by atoms with van der Waals surface area (Å²) in [6.07, 6.45) is 2.30. The Labute approximate surface area is 123 Å². The number of nitrogens with zero attached hydrogens (tertiary/aromatic N) is 1. The van der Waals surface area contributed by atoms with Gasteiger partial charge in [0.05, 0.1) is 25.5 Å². The molecule has 0 saturated carbocycles. The zero-order chi connectivity index (χ0) is 14.2. The first kappa shape index (κ1) is 14.2. The second-order valence-electron chi connectivity index (χ2n) is 5.11. The van der Waals surface area contributed by atoms with Gasteiger partial charge in [0.25, 0.3) is 0 Å². The van der Waals surface area contributed by atoms with Crippen molar-refractivity contribution >= 4 is 16.8 Å². The lowest BCUT2D eigenvalue weighted by atomic mass is 9.94. The minimum Gasteiger partial charge on any atom is -0.378 e. The van der Waals surface area contributed by atoms with Gasteiger partial charge in [-0.25, -0.2) is 4.99 Å². The van der Waals surface area contributed by atoms with E-state index in [9.17, 15) is 0 Å². The average molecular weight is 300 g/mol. The number of rotatable bonds is 4. The lowest BCUT2D eigenvalue weighted by molar-refractivity contribution is -0.00813. The molecular weight excluding hydrogens is 282 g/mol. The van der Waals surface area contributed by atoms with Crippen LogP contribution in [0.25, 0.3) is 0 Å². The summed E-state index contributed by atoms with van der Waals surface area (Å²) in [5, 5.41) is 0.465. The number of fused-ring (bicyclic) bond motifs is 1. The Balaban J connectivity index is 1.83. The van der Waals surface area contributed by atoms with Crippen LogP contribution >= 0.6 is 11.6 Å². The van der Waals surface area contributed by atoms with Crippen LogP contribution < -0.4 is 0 Å². The van der Waals surface area contributed by atoms with Gasteiger partial charge in [0.1, 0.15) is 16.9 Å². The number of ether oxygens (including phenoxy) is 4. The molecular formula is C14H18ClNO4. The van der Waals surface area contributed by atoms with Gasteiger partial charge in [0.2, 0.25) is 0 Å². The first-order valence-electron chi connectivity index (χ1n) is 6.72. The SMILES string of the molecule is C=C(/C=C(\N=C(C)Cl)C12CCOCC1O2)C1OCCO1. The molecule has 110 valence electrons. The Hall–Kier alpha value is -0.720. The van der Waals surface area contributed by atoms with E-state index >= 15 is 0 Å². The zero-order valence-corrected chi connectivity index (χ0v) is 12.2. The fraction of sp³-hybridized carbons (Fsp3) is 0.643. The van der Waals surface area contributed by atoms with E-state index in [2.05, 4.69) is 11.6 Å². The average Bonchev–Trinajstić information content (AvgIpc) is 2.91. The third kappa shape index (κ3) is 2.69.